The Morgan fingerprint density at radius 1 is 1.39 bits per heavy atom. The van der Waals surface area contributed by atoms with Crippen LogP contribution in [-0.2, 0) is 19.7 Å². The molecule has 5 N–H and O–H groups in total. The van der Waals surface area contributed by atoms with Crippen molar-refractivity contribution in [2.45, 2.75) is 11.2 Å². The van der Waals surface area contributed by atoms with Gasteiger partial charge in [0.2, 0.25) is 5.91 Å². The van der Waals surface area contributed by atoms with Crippen molar-refractivity contribution in [2.75, 3.05) is 0 Å². The Hall–Kier alpha value is -1.45. The molecule has 0 radical (unpaired) electrons. The molecule has 0 spiro atoms. The summed E-state index contributed by atoms with van der Waals surface area (Å²) < 4.78 is 30.1. The van der Waals surface area contributed by atoms with Crippen molar-refractivity contribution in [3.05, 3.63) is 12.2 Å². The van der Waals surface area contributed by atoms with Gasteiger partial charge in [-0.3, -0.25) is 19.3 Å². The van der Waals surface area contributed by atoms with E-state index >= 15 is 0 Å². The molecule has 8 nitrogen and oxygen atoms in total. The summed E-state index contributed by atoms with van der Waals surface area (Å²) in [7, 11) is -4.92. The number of carbonyl (C=O) groups is 2. The van der Waals surface area contributed by atoms with Crippen LogP contribution in [0.2, 0.25) is 0 Å². The van der Waals surface area contributed by atoms with Crippen LogP contribution in [0.4, 0.5) is 0 Å². The largest absolute Gasteiger partial charge is 0.369 e. The van der Waals surface area contributed by atoms with Gasteiger partial charge < -0.3 is 5.73 Å². The zero-order chi connectivity index (χ0) is 13.7. The second kappa shape index (κ2) is 3.77. The van der Waals surface area contributed by atoms with Crippen LogP contribution in [0.1, 0.15) is 6.42 Å². The fourth-order valence-corrected chi connectivity index (χ4v) is 4.58. The number of primary amides is 1. The van der Waals surface area contributed by atoms with Crippen LogP contribution in [0, 0.1) is 17.8 Å². The van der Waals surface area contributed by atoms with Gasteiger partial charge >= 0.3 is 0 Å². The predicted molar refractivity (Wildman–Crippen MR) is 57.6 cm³/mol. The molecule has 2 aliphatic rings. The van der Waals surface area contributed by atoms with Gasteiger partial charge in [0.25, 0.3) is 16.0 Å². The molecule has 1 fully saturated rings. The first-order valence-electron chi connectivity index (χ1n) is 5.16. The number of rotatable bonds is 3. The zero-order valence-corrected chi connectivity index (χ0v) is 9.92. The van der Waals surface area contributed by atoms with E-state index in [4.69, 9.17) is 10.9 Å². The van der Waals surface area contributed by atoms with Gasteiger partial charge in [-0.05, 0) is 12.3 Å². The smallest absolute Gasteiger partial charge is 0.281 e. The van der Waals surface area contributed by atoms with Crippen LogP contribution in [0.25, 0.3) is 0 Å². The Labute approximate surface area is 103 Å². The summed E-state index contributed by atoms with van der Waals surface area (Å²) in [4.78, 5) is 23.2. The van der Waals surface area contributed by atoms with Crippen molar-refractivity contribution >= 4 is 21.9 Å². The number of hydrogen-bond acceptors (Lipinski definition) is 5. The highest BCUT2D eigenvalue weighted by molar-refractivity contribution is 7.88. The van der Waals surface area contributed by atoms with E-state index in [0.717, 1.165) is 0 Å². The molecule has 2 amide bonds. The second-order valence-electron chi connectivity index (χ2n) is 4.48. The van der Waals surface area contributed by atoms with E-state index in [9.17, 15) is 22.6 Å². The summed E-state index contributed by atoms with van der Waals surface area (Å²) in [6, 6.07) is 0. The van der Waals surface area contributed by atoms with E-state index in [-0.39, 0.29) is 6.42 Å². The average molecular weight is 276 g/mol. The number of fused-ring (bicyclic) bond motifs is 2. The van der Waals surface area contributed by atoms with E-state index in [0.29, 0.717) is 0 Å². The molecular formula is C9H12N2O6S. The number of amides is 2. The normalized spacial score (nSPS) is 37.8. The van der Waals surface area contributed by atoms with Crippen LogP contribution in [0.5, 0.6) is 0 Å². The van der Waals surface area contributed by atoms with Crippen molar-refractivity contribution in [3.8, 4) is 0 Å². The average Bonchev–Trinajstić information content (AvgIpc) is 2.84. The third kappa shape index (κ3) is 1.35. The lowest BCUT2D eigenvalue weighted by Gasteiger charge is -2.34. The Kier molecular flexibility index (Phi) is 2.72. The zero-order valence-electron chi connectivity index (χ0n) is 9.11. The molecule has 0 aromatic rings. The lowest BCUT2D eigenvalue weighted by molar-refractivity contribution is -0.138. The standard InChI is InChI=1S/C9H12N2O6S/c10-7(12)6-4-1-2-5(3-4)9(6,8(13)11-14)18(15,16)17/h1-2,4-6,14H,3H2,(H2,10,12)(H,11,13)(H,15,16,17). The lowest BCUT2D eigenvalue weighted by atomic mass is 9.81. The van der Waals surface area contributed by atoms with Crippen molar-refractivity contribution < 1.29 is 27.8 Å². The van der Waals surface area contributed by atoms with Gasteiger partial charge in [0.15, 0.2) is 4.75 Å². The quantitative estimate of drug-likeness (QED) is 0.212. The summed E-state index contributed by atoms with van der Waals surface area (Å²) in [5.74, 6) is -5.16. The van der Waals surface area contributed by atoms with Crippen LogP contribution in [-0.4, -0.2) is 34.7 Å². The van der Waals surface area contributed by atoms with Crippen LogP contribution in [0.3, 0.4) is 0 Å². The monoisotopic (exact) mass is 276 g/mol. The topological polar surface area (TPSA) is 147 Å². The second-order valence-corrected chi connectivity index (χ2v) is 6.11. The van der Waals surface area contributed by atoms with E-state index < -0.39 is 44.4 Å². The van der Waals surface area contributed by atoms with Crippen molar-refractivity contribution in [1.82, 2.24) is 5.48 Å². The summed E-state index contributed by atoms with van der Waals surface area (Å²) >= 11 is 0. The number of hydrogen-bond donors (Lipinski definition) is 4. The van der Waals surface area contributed by atoms with Crippen molar-refractivity contribution in [2.24, 2.45) is 23.5 Å². The summed E-state index contributed by atoms with van der Waals surface area (Å²) in [5, 5.41) is 8.70. The molecule has 4 atom stereocenters. The molecule has 0 saturated heterocycles. The Bertz CT molecular complexity index is 541. The molecular weight excluding hydrogens is 264 g/mol. The minimum absolute atomic E-state index is 0.209. The summed E-state index contributed by atoms with van der Waals surface area (Å²) in [6.07, 6.45) is 3.24. The molecule has 2 aliphatic carbocycles. The fraction of sp³-hybridized carbons (Fsp3) is 0.556. The Balaban J connectivity index is 2.70. The minimum atomic E-state index is -4.92. The SMILES string of the molecule is NC(=O)C1C2C=CC(C2)C1(C(=O)NO)S(=O)(=O)O. The van der Waals surface area contributed by atoms with E-state index in [1.807, 2.05) is 0 Å². The maximum atomic E-state index is 11.7. The molecule has 1 saturated carbocycles. The Morgan fingerprint density at radius 2 is 2.00 bits per heavy atom. The number of nitrogens with one attached hydrogen (secondary N) is 1. The van der Waals surface area contributed by atoms with E-state index in [1.165, 1.54) is 11.6 Å². The molecule has 100 valence electrons. The molecule has 2 bridgehead atoms. The minimum Gasteiger partial charge on any atom is -0.369 e. The van der Waals surface area contributed by atoms with Gasteiger partial charge in [0.1, 0.15) is 0 Å². The first kappa shape index (κ1) is 13.0. The first-order chi connectivity index (χ1) is 8.26. The maximum absolute atomic E-state index is 11.7. The molecule has 4 unspecified atom stereocenters. The van der Waals surface area contributed by atoms with Gasteiger partial charge in [-0.25, -0.2) is 5.48 Å². The Morgan fingerprint density at radius 3 is 2.44 bits per heavy atom. The fourth-order valence-electron chi connectivity index (χ4n) is 3.13. The van der Waals surface area contributed by atoms with E-state index in [2.05, 4.69) is 0 Å². The van der Waals surface area contributed by atoms with E-state index in [1.54, 1.807) is 6.08 Å². The highest BCUT2D eigenvalue weighted by Gasteiger charge is 2.70. The van der Waals surface area contributed by atoms with Gasteiger partial charge in [-0.15, -0.1) is 0 Å². The van der Waals surface area contributed by atoms with Crippen LogP contribution in [0.15, 0.2) is 12.2 Å². The molecule has 0 aliphatic heterocycles. The number of nitrogens with two attached hydrogens (primary N) is 1. The van der Waals surface area contributed by atoms with Gasteiger partial charge in [-0.1, -0.05) is 12.2 Å². The number of allylic oxidation sites excluding steroid dienone is 2. The lowest BCUT2D eigenvalue weighted by Crippen LogP contribution is -2.61. The first-order valence-corrected chi connectivity index (χ1v) is 6.60. The highest BCUT2D eigenvalue weighted by Crippen LogP contribution is 2.54. The molecule has 0 aromatic heterocycles. The number of carbonyl (C=O) groups excluding carboxylic acids is 2. The van der Waals surface area contributed by atoms with Crippen molar-refractivity contribution in [3.63, 3.8) is 0 Å². The third-order valence-electron chi connectivity index (χ3n) is 3.75. The van der Waals surface area contributed by atoms with Crippen LogP contribution >= 0.6 is 0 Å². The molecule has 9 heteroatoms. The summed E-state index contributed by atoms with van der Waals surface area (Å²) in [6.45, 7) is 0. The summed E-state index contributed by atoms with van der Waals surface area (Å²) in [5.41, 5.74) is 6.34. The molecule has 2 rings (SSSR count). The molecule has 18 heavy (non-hydrogen) atoms. The predicted octanol–water partition coefficient (Wildman–Crippen LogP) is -1.57. The highest BCUT2D eigenvalue weighted by atomic mass is 32.2. The molecule has 0 aromatic carbocycles. The van der Waals surface area contributed by atoms with Gasteiger partial charge in [0, 0.05) is 5.92 Å². The van der Waals surface area contributed by atoms with Crippen molar-refractivity contribution in [1.29, 1.82) is 0 Å². The number of hydroxylamine groups is 1. The third-order valence-corrected chi connectivity index (χ3v) is 5.34. The maximum Gasteiger partial charge on any atom is 0.281 e. The van der Waals surface area contributed by atoms with Gasteiger partial charge in [0.05, 0.1) is 5.92 Å². The van der Waals surface area contributed by atoms with Crippen LogP contribution < -0.4 is 11.2 Å². The molecule has 0 heterocycles. The van der Waals surface area contributed by atoms with Gasteiger partial charge in [-0.2, -0.15) is 8.42 Å².